The van der Waals surface area contributed by atoms with Crippen LogP contribution in [-0.4, -0.2) is 33.6 Å². The topological polar surface area (TPSA) is 75.0 Å². The van der Waals surface area contributed by atoms with Crippen LogP contribution in [0.2, 0.25) is 0 Å². The molecule has 1 amide bonds. The van der Waals surface area contributed by atoms with E-state index in [1.54, 1.807) is 24.4 Å². The molecule has 0 radical (unpaired) electrons. The number of nitrogens with one attached hydrogen (secondary N) is 1. The van der Waals surface area contributed by atoms with E-state index in [0.29, 0.717) is 17.7 Å². The maximum absolute atomic E-state index is 14.7. The molecule has 2 atom stereocenters. The Hall–Kier alpha value is -3.77. The average molecular weight is 441 g/mol. The number of H-pyrrole nitrogens is 1. The molecule has 2 unspecified atom stereocenters. The second-order valence-corrected chi connectivity index (χ2v) is 8.37. The van der Waals surface area contributed by atoms with Gasteiger partial charge in [-0.25, -0.2) is 4.39 Å². The number of rotatable bonds is 6. The van der Waals surface area contributed by atoms with E-state index >= 15 is 0 Å². The number of hydrogen-bond acceptors (Lipinski definition) is 3. The highest BCUT2D eigenvalue weighted by Gasteiger charge is 2.37. The molecule has 3 N–H and O–H groups in total. The summed E-state index contributed by atoms with van der Waals surface area (Å²) < 4.78 is 14.7. The predicted octanol–water partition coefficient (Wildman–Crippen LogP) is 4.92. The zero-order chi connectivity index (χ0) is 22.8. The molecule has 0 bridgehead atoms. The van der Waals surface area contributed by atoms with Gasteiger partial charge in [0.2, 0.25) is 5.91 Å². The van der Waals surface area contributed by atoms with Gasteiger partial charge in [-0.05, 0) is 48.2 Å². The van der Waals surface area contributed by atoms with Crippen molar-refractivity contribution in [3.8, 4) is 22.4 Å². The zero-order valence-electron chi connectivity index (χ0n) is 18.1. The first-order valence-electron chi connectivity index (χ1n) is 11.1. The molecule has 33 heavy (non-hydrogen) atoms. The van der Waals surface area contributed by atoms with E-state index in [4.69, 9.17) is 5.73 Å². The van der Waals surface area contributed by atoms with Gasteiger partial charge in [-0.1, -0.05) is 66.7 Å². The van der Waals surface area contributed by atoms with Gasteiger partial charge in [0.05, 0.1) is 24.0 Å². The number of aromatic nitrogens is 2. The van der Waals surface area contributed by atoms with E-state index in [0.717, 1.165) is 35.2 Å². The Morgan fingerprint density at radius 1 is 1.00 bits per heavy atom. The second kappa shape index (κ2) is 9.00. The fourth-order valence-corrected chi connectivity index (χ4v) is 4.82. The van der Waals surface area contributed by atoms with Crippen LogP contribution in [0.25, 0.3) is 22.4 Å². The Balaban J connectivity index is 1.61. The highest BCUT2D eigenvalue weighted by atomic mass is 19.1. The van der Waals surface area contributed by atoms with Crippen LogP contribution >= 0.6 is 0 Å². The van der Waals surface area contributed by atoms with Crippen molar-refractivity contribution in [1.82, 2.24) is 15.1 Å². The molecule has 1 aliphatic rings. The Labute approximate surface area is 192 Å². The number of amides is 1. The van der Waals surface area contributed by atoms with Gasteiger partial charge in [-0.2, -0.15) is 5.10 Å². The maximum atomic E-state index is 14.7. The predicted molar refractivity (Wildman–Crippen MR) is 127 cm³/mol. The van der Waals surface area contributed by atoms with Gasteiger partial charge in [0.15, 0.2) is 0 Å². The zero-order valence-corrected chi connectivity index (χ0v) is 18.1. The highest BCUT2D eigenvalue weighted by molar-refractivity contribution is 5.80. The van der Waals surface area contributed by atoms with Crippen LogP contribution in [0.1, 0.15) is 30.0 Å². The monoisotopic (exact) mass is 440 g/mol. The third-order valence-electron chi connectivity index (χ3n) is 6.39. The Kier molecular flexibility index (Phi) is 5.75. The molecule has 3 aromatic carbocycles. The van der Waals surface area contributed by atoms with E-state index in [2.05, 4.69) is 51.5 Å². The number of primary amides is 1. The molecule has 5 rings (SSSR count). The largest absolute Gasteiger partial charge is 0.368 e. The van der Waals surface area contributed by atoms with Gasteiger partial charge in [0.25, 0.3) is 0 Å². The molecule has 166 valence electrons. The molecule has 1 aromatic heterocycles. The molecule has 1 fully saturated rings. The molecular weight excluding hydrogens is 415 g/mol. The summed E-state index contributed by atoms with van der Waals surface area (Å²) in [6.07, 6.45) is 3.31. The Morgan fingerprint density at radius 3 is 2.42 bits per heavy atom. The first-order valence-corrected chi connectivity index (χ1v) is 11.1. The minimum absolute atomic E-state index is 0.289. The van der Waals surface area contributed by atoms with Crippen molar-refractivity contribution >= 4 is 5.91 Å². The lowest BCUT2D eigenvalue weighted by molar-refractivity contribution is -0.122. The number of nitrogens with two attached hydrogens (primary N) is 1. The quantitative estimate of drug-likeness (QED) is 0.447. The van der Waals surface area contributed by atoms with Crippen LogP contribution < -0.4 is 5.73 Å². The van der Waals surface area contributed by atoms with Gasteiger partial charge in [0.1, 0.15) is 5.82 Å². The number of nitrogens with zero attached hydrogens (tertiary/aromatic N) is 2. The van der Waals surface area contributed by atoms with Gasteiger partial charge in [-0.3, -0.25) is 14.8 Å². The first-order chi connectivity index (χ1) is 16.1. The number of halogens is 1. The van der Waals surface area contributed by atoms with Crippen molar-refractivity contribution in [2.24, 2.45) is 5.73 Å². The fraction of sp³-hybridized carbons (Fsp3) is 0.185. The van der Waals surface area contributed by atoms with Crippen molar-refractivity contribution in [3.63, 3.8) is 0 Å². The van der Waals surface area contributed by atoms with Crippen molar-refractivity contribution in [2.45, 2.75) is 24.9 Å². The van der Waals surface area contributed by atoms with Crippen LogP contribution in [0.3, 0.4) is 0 Å². The van der Waals surface area contributed by atoms with Crippen LogP contribution in [0, 0.1) is 5.82 Å². The summed E-state index contributed by atoms with van der Waals surface area (Å²) in [6, 6.07) is 24.4. The minimum Gasteiger partial charge on any atom is -0.368 e. The molecule has 0 aliphatic carbocycles. The number of carbonyl (C=O) groups is 1. The molecule has 1 saturated heterocycles. The van der Waals surface area contributed by atoms with Gasteiger partial charge >= 0.3 is 0 Å². The number of benzene rings is 3. The number of likely N-dealkylation sites (tertiary alicyclic amines) is 1. The number of aromatic amines is 1. The smallest absolute Gasteiger partial charge is 0.234 e. The summed E-state index contributed by atoms with van der Waals surface area (Å²) in [5, 5.41) is 7.24. The molecule has 2 heterocycles. The van der Waals surface area contributed by atoms with E-state index in [9.17, 15) is 9.18 Å². The van der Waals surface area contributed by atoms with E-state index < -0.39 is 0 Å². The molecule has 6 heteroatoms. The van der Waals surface area contributed by atoms with E-state index in [1.807, 2.05) is 18.2 Å². The van der Waals surface area contributed by atoms with Crippen molar-refractivity contribution in [1.29, 1.82) is 0 Å². The van der Waals surface area contributed by atoms with Crippen molar-refractivity contribution < 1.29 is 9.18 Å². The standard InChI is InChI=1S/C27H25FN4O/c28-23-10-5-4-9-21(23)25-22(17-30-31-25)26(32-16-6-11-24(32)27(29)33)20-14-12-19(13-15-20)18-7-2-1-3-8-18/h1-5,7-10,12-15,17,24,26H,6,11,16H2,(H2,29,33)(H,30,31). The lowest BCUT2D eigenvalue weighted by atomic mass is 9.92. The molecule has 5 nitrogen and oxygen atoms in total. The fourth-order valence-electron chi connectivity index (χ4n) is 4.82. The van der Waals surface area contributed by atoms with Crippen LogP contribution in [-0.2, 0) is 4.79 Å². The van der Waals surface area contributed by atoms with Crippen molar-refractivity contribution in [2.75, 3.05) is 6.54 Å². The van der Waals surface area contributed by atoms with E-state index in [-0.39, 0.29) is 23.8 Å². The summed E-state index contributed by atoms with van der Waals surface area (Å²) >= 11 is 0. The lowest BCUT2D eigenvalue weighted by Gasteiger charge is -2.32. The van der Waals surface area contributed by atoms with Gasteiger partial charge in [-0.15, -0.1) is 0 Å². The van der Waals surface area contributed by atoms with Crippen LogP contribution in [0.4, 0.5) is 4.39 Å². The molecule has 1 aliphatic heterocycles. The summed E-state index contributed by atoms with van der Waals surface area (Å²) in [4.78, 5) is 14.4. The molecule has 0 spiro atoms. The van der Waals surface area contributed by atoms with Gasteiger partial charge in [0, 0.05) is 11.1 Å². The summed E-state index contributed by atoms with van der Waals surface area (Å²) in [7, 11) is 0. The maximum Gasteiger partial charge on any atom is 0.234 e. The SMILES string of the molecule is NC(=O)C1CCCN1C(c1ccc(-c2ccccc2)cc1)c1cn[nH]c1-c1ccccc1F. The van der Waals surface area contributed by atoms with Crippen molar-refractivity contribution in [3.05, 3.63) is 102 Å². The molecule has 4 aromatic rings. The summed E-state index contributed by atoms with van der Waals surface area (Å²) in [5.74, 6) is -0.664. The molecule has 0 saturated carbocycles. The average Bonchev–Trinajstić information content (AvgIpc) is 3.51. The highest BCUT2D eigenvalue weighted by Crippen LogP contribution is 2.39. The third-order valence-corrected chi connectivity index (χ3v) is 6.39. The van der Waals surface area contributed by atoms with Crippen LogP contribution in [0.15, 0.2) is 85.1 Å². The Morgan fingerprint density at radius 2 is 1.70 bits per heavy atom. The first kappa shape index (κ1) is 21.1. The normalized spacial score (nSPS) is 17.2. The Bertz CT molecular complexity index is 1250. The molecular formula is C27H25FN4O. The summed E-state index contributed by atoms with van der Waals surface area (Å²) in [5.41, 5.74) is 10.9. The van der Waals surface area contributed by atoms with E-state index in [1.165, 1.54) is 6.07 Å². The lowest BCUT2D eigenvalue weighted by Crippen LogP contribution is -2.42. The third kappa shape index (κ3) is 4.05. The van der Waals surface area contributed by atoms with Gasteiger partial charge < -0.3 is 5.73 Å². The number of hydrogen-bond donors (Lipinski definition) is 2. The minimum atomic E-state index is -0.382. The number of carbonyl (C=O) groups excluding carboxylic acids is 1. The second-order valence-electron chi connectivity index (χ2n) is 8.37. The summed E-state index contributed by atoms with van der Waals surface area (Å²) in [6.45, 7) is 0.723. The van der Waals surface area contributed by atoms with Crippen LogP contribution in [0.5, 0.6) is 0 Å².